The minimum atomic E-state index is -0.978. The summed E-state index contributed by atoms with van der Waals surface area (Å²) >= 11 is 0. The average Bonchev–Trinajstić information content (AvgIpc) is 2.55. The summed E-state index contributed by atoms with van der Waals surface area (Å²) in [4.78, 5) is 0. The van der Waals surface area contributed by atoms with E-state index in [1.807, 2.05) is 30.3 Å². The third-order valence-electron chi connectivity index (χ3n) is 3.96. The summed E-state index contributed by atoms with van der Waals surface area (Å²) in [5.74, 6) is 0.934. The molecule has 0 aliphatic rings. The number of rotatable bonds is 14. The second kappa shape index (κ2) is 13.8. The largest absolute Gasteiger partial charge is 0.491 e. The zero-order chi connectivity index (χ0) is 15.9. The van der Waals surface area contributed by atoms with E-state index in [-0.39, 0.29) is 0 Å². The van der Waals surface area contributed by atoms with E-state index in [4.69, 9.17) is 9.16 Å². The van der Waals surface area contributed by atoms with Gasteiger partial charge >= 0.3 is 0 Å². The lowest BCUT2D eigenvalue weighted by Gasteiger charge is -2.12. The fourth-order valence-electron chi connectivity index (χ4n) is 2.57. The van der Waals surface area contributed by atoms with Crippen molar-refractivity contribution in [2.45, 2.75) is 70.9 Å². The number of benzene rings is 1. The molecule has 0 heterocycles. The Morgan fingerprint density at radius 3 is 2.14 bits per heavy atom. The van der Waals surface area contributed by atoms with E-state index in [2.05, 4.69) is 13.5 Å². The van der Waals surface area contributed by atoms with Gasteiger partial charge in [0, 0.05) is 0 Å². The normalized spacial score (nSPS) is 12.3. The predicted molar refractivity (Wildman–Crippen MR) is 98.3 cm³/mol. The lowest BCUT2D eigenvalue weighted by Crippen LogP contribution is -2.17. The van der Waals surface area contributed by atoms with Gasteiger partial charge in [0.25, 0.3) is 0 Å². The SMILES string of the molecule is CCCCCCCCCC[SiH](C)OCCOc1ccccc1. The molecule has 0 saturated heterocycles. The summed E-state index contributed by atoms with van der Waals surface area (Å²) in [6, 6.07) is 11.3. The van der Waals surface area contributed by atoms with Crippen molar-refractivity contribution in [1.29, 1.82) is 0 Å². The number of hydrogen-bond acceptors (Lipinski definition) is 2. The highest BCUT2D eigenvalue weighted by Gasteiger charge is 2.04. The highest BCUT2D eigenvalue weighted by atomic mass is 28.3. The van der Waals surface area contributed by atoms with Crippen LogP contribution in [0.1, 0.15) is 58.3 Å². The highest BCUT2D eigenvalue weighted by molar-refractivity contribution is 6.50. The number of hydrogen-bond donors (Lipinski definition) is 0. The van der Waals surface area contributed by atoms with Crippen LogP contribution in [0.3, 0.4) is 0 Å². The number of unbranched alkanes of at least 4 members (excludes halogenated alkanes) is 7. The molecule has 22 heavy (non-hydrogen) atoms. The molecule has 126 valence electrons. The molecule has 1 atom stereocenters. The second-order valence-electron chi connectivity index (χ2n) is 6.11. The molecular weight excluding hydrogens is 288 g/mol. The van der Waals surface area contributed by atoms with Crippen LogP contribution in [0.2, 0.25) is 12.6 Å². The van der Waals surface area contributed by atoms with E-state index < -0.39 is 9.04 Å². The summed E-state index contributed by atoms with van der Waals surface area (Å²) in [7, 11) is -0.978. The van der Waals surface area contributed by atoms with Gasteiger partial charge in [-0.2, -0.15) is 0 Å². The summed E-state index contributed by atoms with van der Waals surface area (Å²) in [5.41, 5.74) is 0. The Hall–Kier alpha value is -0.803. The van der Waals surface area contributed by atoms with Gasteiger partial charge in [0.05, 0.1) is 6.61 Å². The minimum Gasteiger partial charge on any atom is -0.491 e. The van der Waals surface area contributed by atoms with Gasteiger partial charge in [-0.1, -0.05) is 76.5 Å². The van der Waals surface area contributed by atoms with Crippen molar-refractivity contribution < 1.29 is 9.16 Å². The molecule has 1 unspecified atom stereocenters. The zero-order valence-corrected chi connectivity index (χ0v) is 15.7. The van der Waals surface area contributed by atoms with Gasteiger partial charge in [0.1, 0.15) is 12.4 Å². The molecule has 0 spiro atoms. The minimum absolute atomic E-state index is 0.665. The molecule has 0 aliphatic carbocycles. The van der Waals surface area contributed by atoms with E-state index >= 15 is 0 Å². The Bertz CT molecular complexity index is 343. The maximum absolute atomic E-state index is 5.94. The molecule has 0 aromatic heterocycles. The second-order valence-corrected chi connectivity index (χ2v) is 8.64. The third-order valence-corrected chi connectivity index (χ3v) is 5.99. The zero-order valence-electron chi connectivity index (χ0n) is 14.6. The molecular formula is C19H34O2Si. The first-order valence-electron chi connectivity index (χ1n) is 9.12. The quantitative estimate of drug-likeness (QED) is 0.329. The third kappa shape index (κ3) is 10.9. The van der Waals surface area contributed by atoms with Crippen molar-refractivity contribution in [2.75, 3.05) is 13.2 Å². The van der Waals surface area contributed by atoms with Gasteiger partial charge < -0.3 is 9.16 Å². The Morgan fingerprint density at radius 2 is 1.45 bits per heavy atom. The molecule has 1 rings (SSSR count). The van der Waals surface area contributed by atoms with Crippen LogP contribution in [0.4, 0.5) is 0 Å². The van der Waals surface area contributed by atoms with Crippen LogP contribution in [0, 0.1) is 0 Å². The van der Waals surface area contributed by atoms with Gasteiger partial charge in [-0.25, -0.2) is 0 Å². The molecule has 0 bridgehead atoms. The molecule has 0 N–H and O–H groups in total. The van der Waals surface area contributed by atoms with Crippen molar-refractivity contribution in [2.24, 2.45) is 0 Å². The number of ether oxygens (including phenoxy) is 1. The van der Waals surface area contributed by atoms with Crippen LogP contribution in [0.25, 0.3) is 0 Å². The summed E-state index contributed by atoms with van der Waals surface area (Å²) in [5, 5.41) is 0. The first-order chi connectivity index (χ1) is 10.8. The number of para-hydroxylation sites is 1. The van der Waals surface area contributed by atoms with Gasteiger partial charge in [0.15, 0.2) is 9.04 Å². The Kier molecular flexibility index (Phi) is 12.1. The molecule has 0 saturated carbocycles. The summed E-state index contributed by atoms with van der Waals surface area (Å²) < 4.78 is 11.6. The Balaban J connectivity index is 1.86. The van der Waals surface area contributed by atoms with Crippen molar-refractivity contribution in [3.8, 4) is 5.75 Å². The Labute approximate surface area is 139 Å². The van der Waals surface area contributed by atoms with Crippen molar-refractivity contribution in [3.63, 3.8) is 0 Å². The maximum Gasteiger partial charge on any atom is 0.174 e. The summed E-state index contributed by atoms with van der Waals surface area (Å²) in [6.07, 6.45) is 11.1. The van der Waals surface area contributed by atoms with Gasteiger partial charge in [-0.05, 0) is 24.7 Å². The van der Waals surface area contributed by atoms with Crippen LogP contribution >= 0.6 is 0 Å². The Morgan fingerprint density at radius 1 is 0.818 bits per heavy atom. The topological polar surface area (TPSA) is 18.5 Å². The van der Waals surface area contributed by atoms with Crippen molar-refractivity contribution >= 4 is 9.04 Å². The molecule has 0 amide bonds. The van der Waals surface area contributed by atoms with Gasteiger partial charge in [-0.3, -0.25) is 0 Å². The van der Waals surface area contributed by atoms with Crippen LogP contribution in [-0.4, -0.2) is 22.3 Å². The van der Waals surface area contributed by atoms with Crippen LogP contribution in [0.15, 0.2) is 30.3 Å². The van der Waals surface area contributed by atoms with Crippen LogP contribution in [0.5, 0.6) is 5.75 Å². The molecule has 0 radical (unpaired) electrons. The molecule has 3 heteroatoms. The van der Waals surface area contributed by atoms with Crippen molar-refractivity contribution in [1.82, 2.24) is 0 Å². The van der Waals surface area contributed by atoms with Gasteiger partial charge in [-0.15, -0.1) is 0 Å². The van der Waals surface area contributed by atoms with Crippen LogP contribution < -0.4 is 4.74 Å². The van der Waals surface area contributed by atoms with E-state index in [1.54, 1.807) is 0 Å². The average molecular weight is 323 g/mol. The standard InChI is InChI=1S/C19H34O2Si/c1-3-4-5-6-7-8-9-13-18-22(2)21-17-16-20-19-14-11-10-12-15-19/h10-12,14-15,22H,3-9,13,16-18H2,1-2H3. The van der Waals surface area contributed by atoms with Crippen LogP contribution in [-0.2, 0) is 4.43 Å². The lowest BCUT2D eigenvalue weighted by molar-refractivity contribution is 0.217. The van der Waals surface area contributed by atoms with E-state index in [9.17, 15) is 0 Å². The fraction of sp³-hybridized carbons (Fsp3) is 0.684. The van der Waals surface area contributed by atoms with Gasteiger partial charge in [0.2, 0.25) is 0 Å². The highest BCUT2D eigenvalue weighted by Crippen LogP contribution is 2.11. The first kappa shape index (κ1) is 19.2. The smallest absolute Gasteiger partial charge is 0.174 e. The molecule has 1 aromatic carbocycles. The molecule has 2 nitrogen and oxygen atoms in total. The van der Waals surface area contributed by atoms with Crippen molar-refractivity contribution in [3.05, 3.63) is 30.3 Å². The van der Waals surface area contributed by atoms with E-state index in [1.165, 1.54) is 57.4 Å². The molecule has 0 fully saturated rings. The predicted octanol–water partition coefficient (Wildman–Crippen LogP) is 5.58. The maximum atomic E-state index is 5.94. The molecule has 1 aromatic rings. The monoisotopic (exact) mass is 322 g/mol. The van der Waals surface area contributed by atoms with E-state index in [0.717, 1.165) is 12.4 Å². The fourth-order valence-corrected chi connectivity index (χ4v) is 4.10. The molecule has 0 aliphatic heterocycles. The van der Waals surface area contributed by atoms with E-state index in [0.29, 0.717) is 6.61 Å². The first-order valence-corrected chi connectivity index (χ1v) is 11.6. The summed E-state index contributed by atoms with van der Waals surface area (Å²) in [6.45, 7) is 5.98. The lowest BCUT2D eigenvalue weighted by atomic mass is 10.1.